The highest BCUT2D eigenvalue weighted by molar-refractivity contribution is 6.23. The maximum absolute atomic E-state index is 12.7. The third-order valence-electron chi connectivity index (χ3n) is 3.96. The number of nitrogens with one attached hydrogen (secondary N) is 1. The van der Waals surface area contributed by atoms with E-state index in [-0.39, 0.29) is 18.2 Å². The molecule has 6 heteroatoms. The summed E-state index contributed by atoms with van der Waals surface area (Å²) in [5.74, 6) is 0.896. The summed E-state index contributed by atoms with van der Waals surface area (Å²) in [7, 11) is 1.58. The number of benzene rings is 2. The zero-order valence-corrected chi connectivity index (χ0v) is 14.2. The molecule has 2 aromatic rings. The van der Waals surface area contributed by atoms with Gasteiger partial charge in [-0.3, -0.25) is 9.59 Å². The van der Waals surface area contributed by atoms with Gasteiger partial charge in [-0.1, -0.05) is 6.07 Å². The van der Waals surface area contributed by atoms with Gasteiger partial charge in [0, 0.05) is 11.8 Å². The maximum atomic E-state index is 12.7. The van der Waals surface area contributed by atoms with Crippen LogP contribution in [0.25, 0.3) is 0 Å². The summed E-state index contributed by atoms with van der Waals surface area (Å²) in [4.78, 5) is 26.2. The molecule has 2 amide bonds. The molecule has 1 atom stereocenters. The molecule has 0 bridgehead atoms. The van der Waals surface area contributed by atoms with Crippen LogP contribution in [0.4, 0.5) is 11.4 Å². The number of anilines is 2. The Morgan fingerprint density at radius 3 is 2.56 bits per heavy atom. The summed E-state index contributed by atoms with van der Waals surface area (Å²) in [5, 5.41) is 3.11. The van der Waals surface area contributed by atoms with Gasteiger partial charge in [0.1, 0.15) is 17.5 Å². The molecule has 1 aliphatic heterocycles. The van der Waals surface area contributed by atoms with E-state index in [0.29, 0.717) is 23.8 Å². The number of nitrogens with zero attached hydrogens (tertiary/aromatic N) is 1. The average molecular weight is 340 g/mol. The van der Waals surface area contributed by atoms with Gasteiger partial charge in [0.15, 0.2) is 0 Å². The highest BCUT2D eigenvalue weighted by Crippen LogP contribution is 2.27. The Kier molecular flexibility index (Phi) is 4.88. The molecule has 0 aromatic heterocycles. The van der Waals surface area contributed by atoms with E-state index in [1.165, 1.54) is 4.90 Å². The number of carbonyl (C=O) groups excluding carboxylic acids is 2. The summed E-state index contributed by atoms with van der Waals surface area (Å²) in [6.07, 6.45) is 0.114. The van der Waals surface area contributed by atoms with Crippen molar-refractivity contribution in [2.75, 3.05) is 23.9 Å². The highest BCUT2D eigenvalue weighted by atomic mass is 16.5. The predicted molar refractivity (Wildman–Crippen MR) is 95.1 cm³/mol. The van der Waals surface area contributed by atoms with Crippen LogP contribution in [0.5, 0.6) is 11.5 Å². The fourth-order valence-electron chi connectivity index (χ4n) is 2.79. The lowest BCUT2D eigenvalue weighted by atomic mass is 10.2. The molecule has 6 nitrogen and oxygen atoms in total. The Bertz CT molecular complexity index is 773. The molecule has 0 saturated carbocycles. The Morgan fingerprint density at radius 1 is 1.12 bits per heavy atom. The molecular formula is C19H20N2O4. The third kappa shape index (κ3) is 3.57. The molecule has 25 heavy (non-hydrogen) atoms. The van der Waals surface area contributed by atoms with Crippen molar-refractivity contribution < 1.29 is 19.1 Å². The number of rotatable bonds is 6. The van der Waals surface area contributed by atoms with Gasteiger partial charge in [-0.05, 0) is 43.3 Å². The Morgan fingerprint density at radius 2 is 1.88 bits per heavy atom. The van der Waals surface area contributed by atoms with Crippen molar-refractivity contribution in [3.8, 4) is 11.5 Å². The van der Waals surface area contributed by atoms with Gasteiger partial charge in [0.05, 0.1) is 25.8 Å². The normalized spacial score (nSPS) is 16.9. The monoisotopic (exact) mass is 340 g/mol. The van der Waals surface area contributed by atoms with Crippen LogP contribution in [0.2, 0.25) is 0 Å². The summed E-state index contributed by atoms with van der Waals surface area (Å²) in [6, 6.07) is 13.6. The molecule has 1 fully saturated rings. The first-order valence-electron chi connectivity index (χ1n) is 8.12. The first-order chi connectivity index (χ1) is 12.1. The summed E-state index contributed by atoms with van der Waals surface area (Å²) in [5.41, 5.74) is 1.28. The number of amides is 2. The molecule has 2 aromatic carbocycles. The van der Waals surface area contributed by atoms with Gasteiger partial charge in [0.25, 0.3) is 5.91 Å². The van der Waals surface area contributed by atoms with E-state index in [0.717, 1.165) is 5.69 Å². The van der Waals surface area contributed by atoms with Crippen molar-refractivity contribution in [3.63, 3.8) is 0 Å². The minimum Gasteiger partial charge on any atom is -0.497 e. The lowest BCUT2D eigenvalue weighted by Crippen LogP contribution is -2.34. The summed E-state index contributed by atoms with van der Waals surface area (Å²) in [6.45, 7) is 2.46. The van der Waals surface area contributed by atoms with Gasteiger partial charge < -0.3 is 14.8 Å². The van der Waals surface area contributed by atoms with Gasteiger partial charge in [0.2, 0.25) is 5.91 Å². The predicted octanol–water partition coefficient (Wildman–Crippen LogP) is 2.84. The molecule has 1 N–H and O–H groups in total. The quantitative estimate of drug-likeness (QED) is 0.819. The molecule has 0 spiro atoms. The standard InChI is InChI=1S/C19H20N2O4/c1-3-25-15-9-7-14(8-10-15)21-18(22)12-17(19(21)23)20-13-5-4-6-16(11-13)24-2/h4-11,17,20H,3,12H2,1-2H3. The van der Waals surface area contributed by atoms with E-state index in [1.807, 2.05) is 25.1 Å². The first-order valence-corrected chi connectivity index (χ1v) is 8.12. The fourth-order valence-corrected chi connectivity index (χ4v) is 2.79. The van der Waals surface area contributed by atoms with Crippen molar-refractivity contribution in [3.05, 3.63) is 48.5 Å². The van der Waals surface area contributed by atoms with Gasteiger partial charge in [-0.15, -0.1) is 0 Å². The van der Waals surface area contributed by atoms with E-state index in [2.05, 4.69) is 5.32 Å². The van der Waals surface area contributed by atoms with Gasteiger partial charge in [-0.25, -0.2) is 4.90 Å². The number of imide groups is 1. The number of methoxy groups -OCH3 is 1. The number of hydrogen-bond donors (Lipinski definition) is 1. The Hall–Kier alpha value is -3.02. The van der Waals surface area contributed by atoms with Gasteiger partial charge >= 0.3 is 0 Å². The van der Waals surface area contributed by atoms with Crippen LogP contribution in [0, 0.1) is 0 Å². The molecule has 0 radical (unpaired) electrons. The average Bonchev–Trinajstić information content (AvgIpc) is 2.90. The highest BCUT2D eigenvalue weighted by Gasteiger charge is 2.39. The van der Waals surface area contributed by atoms with Crippen molar-refractivity contribution in [2.24, 2.45) is 0 Å². The zero-order chi connectivity index (χ0) is 17.8. The molecule has 1 unspecified atom stereocenters. The molecule has 1 saturated heterocycles. The van der Waals surface area contributed by atoms with Crippen LogP contribution in [0.3, 0.4) is 0 Å². The van der Waals surface area contributed by atoms with E-state index in [4.69, 9.17) is 9.47 Å². The fraction of sp³-hybridized carbons (Fsp3) is 0.263. The second-order valence-corrected chi connectivity index (χ2v) is 5.63. The second kappa shape index (κ2) is 7.25. The molecule has 0 aliphatic carbocycles. The minimum absolute atomic E-state index is 0.114. The summed E-state index contributed by atoms with van der Waals surface area (Å²) >= 11 is 0. The Balaban J connectivity index is 1.75. The Labute approximate surface area is 146 Å². The first kappa shape index (κ1) is 16.8. The van der Waals surface area contributed by atoms with E-state index in [9.17, 15) is 9.59 Å². The molecule has 1 heterocycles. The van der Waals surface area contributed by atoms with Gasteiger partial charge in [-0.2, -0.15) is 0 Å². The SMILES string of the molecule is CCOc1ccc(N2C(=O)CC(Nc3cccc(OC)c3)C2=O)cc1. The molecule has 130 valence electrons. The van der Waals surface area contributed by atoms with E-state index < -0.39 is 6.04 Å². The lowest BCUT2D eigenvalue weighted by Gasteiger charge is -2.17. The van der Waals surface area contributed by atoms with Crippen LogP contribution in [0.15, 0.2) is 48.5 Å². The lowest BCUT2D eigenvalue weighted by molar-refractivity contribution is -0.121. The number of carbonyl (C=O) groups is 2. The third-order valence-corrected chi connectivity index (χ3v) is 3.96. The smallest absolute Gasteiger partial charge is 0.256 e. The van der Waals surface area contributed by atoms with Crippen LogP contribution in [0.1, 0.15) is 13.3 Å². The minimum atomic E-state index is -0.592. The van der Waals surface area contributed by atoms with E-state index >= 15 is 0 Å². The number of hydrogen-bond acceptors (Lipinski definition) is 5. The molecular weight excluding hydrogens is 320 g/mol. The van der Waals surface area contributed by atoms with Crippen molar-refractivity contribution in [1.82, 2.24) is 0 Å². The maximum Gasteiger partial charge on any atom is 0.256 e. The van der Waals surface area contributed by atoms with Crippen LogP contribution < -0.4 is 19.7 Å². The van der Waals surface area contributed by atoms with Crippen molar-refractivity contribution in [2.45, 2.75) is 19.4 Å². The zero-order valence-electron chi connectivity index (χ0n) is 14.2. The van der Waals surface area contributed by atoms with Crippen LogP contribution in [-0.2, 0) is 9.59 Å². The van der Waals surface area contributed by atoms with E-state index in [1.54, 1.807) is 37.4 Å². The van der Waals surface area contributed by atoms with Crippen molar-refractivity contribution in [1.29, 1.82) is 0 Å². The second-order valence-electron chi connectivity index (χ2n) is 5.63. The topological polar surface area (TPSA) is 67.9 Å². The largest absolute Gasteiger partial charge is 0.497 e. The summed E-state index contributed by atoms with van der Waals surface area (Å²) < 4.78 is 10.6. The molecule has 3 rings (SSSR count). The van der Waals surface area contributed by atoms with Crippen LogP contribution in [-0.4, -0.2) is 31.6 Å². The van der Waals surface area contributed by atoms with Crippen LogP contribution >= 0.6 is 0 Å². The van der Waals surface area contributed by atoms with Crippen molar-refractivity contribution >= 4 is 23.2 Å². The molecule has 1 aliphatic rings. The number of ether oxygens (including phenoxy) is 2.